The Morgan fingerprint density at radius 1 is 0.778 bits per heavy atom. The van der Waals surface area contributed by atoms with E-state index in [1.54, 1.807) is 12.1 Å². The Hall–Kier alpha value is -0.279. The molecule has 0 spiro atoms. The Kier molecular flexibility index (Phi) is 4.71. The zero-order valence-corrected chi connectivity index (χ0v) is 15.1. The van der Waals surface area contributed by atoms with Gasteiger partial charge in [-0.2, -0.15) is 0 Å². The molecule has 0 unspecified atom stereocenters. The molecule has 0 fully saturated rings. The molecule has 6 heteroatoms. The predicted octanol–water partition coefficient (Wildman–Crippen LogP) is 3.51. The molecule has 1 rings (SSSR count). The first-order chi connectivity index (χ1) is 8.02. The number of hydrogen-bond acceptors (Lipinski definition) is 2. The van der Waals surface area contributed by atoms with Crippen LogP contribution in [0.1, 0.15) is 0 Å². The topological polar surface area (TPSA) is 18.5 Å². The smallest absolute Gasteiger partial charge is 0.410 e. The molecule has 0 atom stereocenters. The first-order valence-corrected chi connectivity index (χ1v) is 14.7. The van der Waals surface area contributed by atoms with Crippen molar-refractivity contribution in [2.75, 3.05) is 0 Å². The Balaban J connectivity index is 3.09. The van der Waals surface area contributed by atoms with E-state index in [0.29, 0.717) is 5.19 Å². The van der Waals surface area contributed by atoms with Crippen molar-refractivity contribution >= 4 is 30.7 Å². The van der Waals surface area contributed by atoms with Gasteiger partial charge in [0, 0.05) is 5.19 Å². The quantitative estimate of drug-likeness (QED) is 0.612. The van der Waals surface area contributed by atoms with Gasteiger partial charge in [-0.25, -0.2) is 4.11 Å². The van der Waals surface area contributed by atoms with Crippen LogP contribution in [0, 0.1) is 0 Å². The molecule has 0 saturated heterocycles. The molecule has 1 aromatic rings. The molecule has 0 aliphatic carbocycles. The zero-order chi connectivity index (χ0) is 14.0. The molecule has 2 nitrogen and oxygen atoms in total. The maximum atomic E-state index is 15.3. The van der Waals surface area contributed by atoms with Gasteiger partial charge >= 0.3 is 8.89 Å². The van der Waals surface area contributed by atoms with Crippen molar-refractivity contribution in [3.8, 4) is 0 Å². The molecular formula is C12H23FO2Si3. The summed E-state index contributed by atoms with van der Waals surface area (Å²) in [7, 11) is -7.76. The van der Waals surface area contributed by atoms with Crippen LogP contribution in [-0.2, 0) is 8.23 Å². The van der Waals surface area contributed by atoms with Crippen molar-refractivity contribution in [3.63, 3.8) is 0 Å². The van der Waals surface area contributed by atoms with Crippen LogP contribution in [0.15, 0.2) is 30.3 Å². The fourth-order valence-corrected chi connectivity index (χ4v) is 9.94. The van der Waals surface area contributed by atoms with Gasteiger partial charge in [0.15, 0.2) is 16.6 Å². The van der Waals surface area contributed by atoms with E-state index in [2.05, 4.69) is 0 Å². The van der Waals surface area contributed by atoms with Gasteiger partial charge in [0.05, 0.1) is 0 Å². The van der Waals surface area contributed by atoms with Crippen LogP contribution in [0.4, 0.5) is 4.11 Å². The molecule has 102 valence electrons. The van der Waals surface area contributed by atoms with Crippen LogP contribution < -0.4 is 5.19 Å². The lowest BCUT2D eigenvalue weighted by Crippen LogP contribution is -2.59. The lowest BCUT2D eigenvalue weighted by molar-refractivity contribution is 0.327. The Bertz CT molecular complexity index is 369. The van der Waals surface area contributed by atoms with E-state index in [1.165, 1.54) is 0 Å². The van der Waals surface area contributed by atoms with Crippen molar-refractivity contribution in [1.29, 1.82) is 0 Å². The minimum atomic E-state index is -3.77. The number of rotatable bonds is 5. The van der Waals surface area contributed by atoms with Gasteiger partial charge < -0.3 is 8.23 Å². The van der Waals surface area contributed by atoms with Gasteiger partial charge in [-0.3, -0.25) is 0 Å². The standard InChI is InChI=1S/C12H23FO2Si3/c1-16(2,3)14-18(13,15-17(4,5)6)12-10-8-7-9-11-12/h7-11H,1-6H3. The molecule has 0 aliphatic heterocycles. The van der Waals surface area contributed by atoms with E-state index in [1.807, 2.05) is 57.5 Å². The normalized spacial score (nSPS) is 13.7. The summed E-state index contributed by atoms with van der Waals surface area (Å²) < 4.78 is 26.9. The van der Waals surface area contributed by atoms with E-state index in [4.69, 9.17) is 8.23 Å². The third kappa shape index (κ3) is 5.15. The van der Waals surface area contributed by atoms with E-state index in [0.717, 1.165) is 0 Å². The molecule has 1 aromatic carbocycles. The van der Waals surface area contributed by atoms with Crippen LogP contribution in [0.3, 0.4) is 0 Å². The summed E-state index contributed by atoms with van der Waals surface area (Å²) in [5.41, 5.74) is 0. The second-order valence-electron chi connectivity index (χ2n) is 6.33. The minimum absolute atomic E-state index is 0.579. The molecule has 0 saturated carbocycles. The SMILES string of the molecule is C[Si](C)(C)O[Si](F)(O[Si](C)(C)C)c1ccccc1. The molecule has 0 aromatic heterocycles. The first kappa shape index (κ1) is 15.8. The molecule has 0 amide bonds. The zero-order valence-electron chi connectivity index (χ0n) is 12.1. The molecule has 0 heterocycles. The summed E-state index contributed by atoms with van der Waals surface area (Å²) in [6.45, 7) is 11.9. The highest BCUT2D eigenvalue weighted by Gasteiger charge is 2.48. The summed E-state index contributed by atoms with van der Waals surface area (Å²) in [4.78, 5) is 0. The molecule has 0 radical (unpaired) electrons. The van der Waals surface area contributed by atoms with Gasteiger partial charge in [-0.05, 0) is 39.3 Å². The van der Waals surface area contributed by atoms with Crippen LogP contribution in [0.2, 0.25) is 39.3 Å². The van der Waals surface area contributed by atoms with Crippen molar-refractivity contribution in [2.24, 2.45) is 0 Å². The van der Waals surface area contributed by atoms with E-state index in [9.17, 15) is 0 Å². The van der Waals surface area contributed by atoms with Crippen molar-refractivity contribution in [3.05, 3.63) is 30.3 Å². The van der Waals surface area contributed by atoms with Crippen LogP contribution >= 0.6 is 0 Å². The third-order valence-corrected chi connectivity index (χ3v) is 10.0. The van der Waals surface area contributed by atoms with Crippen LogP contribution in [0.25, 0.3) is 0 Å². The third-order valence-electron chi connectivity index (χ3n) is 1.99. The Labute approximate surface area is 113 Å². The fourth-order valence-electron chi connectivity index (χ4n) is 1.56. The summed E-state index contributed by atoms with van der Waals surface area (Å²) >= 11 is 0. The monoisotopic (exact) mass is 302 g/mol. The van der Waals surface area contributed by atoms with Gasteiger partial charge in [-0.1, -0.05) is 30.3 Å². The largest absolute Gasteiger partial charge is 0.555 e. The molecular weight excluding hydrogens is 279 g/mol. The first-order valence-electron chi connectivity index (χ1n) is 6.17. The van der Waals surface area contributed by atoms with Crippen LogP contribution in [0.5, 0.6) is 0 Å². The van der Waals surface area contributed by atoms with Gasteiger partial charge in [-0.15, -0.1) is 0 Å². The lowest BCUT2D eigenvalue weighted by atomic mass is 10.4. The average Bonchev–Trinajstić information content (AvgIpc) is 2.13. The number of halogens is 1. The van der Waals surface area contributed by atoms with Gasteiger partial charge in [0.25, 0.3) is 0 Å². The maximum absolute atomic E-state index is 15.3. The van der Waals surface area contributed by atoms with Gasteiger partial charge in [0.2, 0.25) is 0 Å². The second-order valence-corrected chi connectivity index (χ2v) is 18.1. The predicted molar refractivity (Wildman–Crippen MR) is 81.8 cm³/mol. The maximum Gasteiger partial charge on any atom is 0.555 e. The van der Waals surface area contributed by atoms with Crippen molar-refractivity contribution in [2.45, 2.75) is 39.3 Å². The molecule has 18 heavy (non-hydrogen) atoms. The summed E-state index contributed by atoms with van der Waals surface area (Å²) in [6.07, 6.45) is 0. The number of benzene rings is 1. The molecule has 0 N–H and O–H groups in total. The summed E-state index contributed by atoms with van der Waals surface area (Å²) in [5, 5.41) is 0.579. The lowest BCUT2D eigenvalue weighted by Gasteiger charge is -2.34. The minimum Gasteiger partial charge on any atom is -0.410 e. The van der Waals surface area contributed by atoms with E-state index >= 15 is 4.11 Å². The second kappa shape index (κ2) is 5.38. The summed E-state index contributed by atoms with van der Waals surface area (Å²) in [6, 6.07) is 9.08. The average molecular weight is 303 g/mol. The van der Waals surface area contributed by atoms with E-state index in [-0.39, 0.29) is 0 Å². The highest BCUT2D eigenvalue weighted by Crippen LogP contribution is 2.21. The van der Waals surface area contributed by atoms with Crippen LogP contribution in [-0.4, -0.2) is 25.5 Å². The highest BCUT2D eigenvalue weighted by molar-refractivity contribution is 6.91. The molecule has 0 bridgehead atoms. The highest BCUT2D eigenvalue weighted by atomic mass is 28.5. The Morgan fingerprint density at radius 2 is 1.17 bits per heavy atom. The van der Waals surface area contributed by atoms with Crippen molar-refractivity contribution in [1.82, 2.24) is 0 Å². The fraction of sp³-hybridized carbons (Fsp3) is 0.500. The number of hydrogen-bond donors (Lipinski definition) is 0. The Morgan fingerprint density at radius 3 is 1.50 bits per heavy atom. The molecule has 0 aliphatic rings. The van der Waals surface area contributed by atoms with Gasteiger partial charge in [0.1, 0.15) is 0 Å². The van der Waals surface area contributed by atoms with E-state index < -0.39 is 25.5 Å². The summed E-state index contributed by atoms with van der Waals surface area (Å²) in [5.74, 6) is 0. The van der Waals surface area contributed by atoms with Crippen molar-refractivity contribution < 1.29 is 12.3 Å².